The van der Waals surface area contributed by atoms with Gasteiger partial charge in [-0.3, -0.25) is 4.79 Å². The summed E-state index contributed by atoms with van der Waals surface area (Å²) in [4.78, 5) is 23.4. The summed E-state index contributed by atoms with van der Waals surface area (Å²) in [7, 11) is 2.81. The summed E-state index contributed by atoms with van der Waals surface area (Å²) < 4.78 is 9.65. The number of hydrogen-bond acceptors (Lipinski definition) is 4. The number of rotatable bonds is 3. The number of benzene rings is 1. The van der Waals surface area contributed by atoms with Crippen LogP contribution in [0.3, 0.4) is 0 Å². The van der Waals surface area contributed by atoms with Gasteiger partial charge >= 0.3 is 11.9 Å². The van der Waals surface area contributed by atoms with E-state index >= 15 is 0 Å². The van der Waals surface area contributed by atoms with Crippen molar-refractivity contribution in [3.63, 3.8) is 0 Å². The normalized spacial score (nSPS) is 33.6. The first-order valence-electron chi connectivity index (χ1n) is 6.73. The zero-order valence-corrected chi connectivity index (χ0v) is 11.9. The van der Waals surface area contributed by atoms with Gasteiger partial charge in [-0.15, -0.1) is 0 Å². The molecule has 20 heavy (non-hydrogen) atoms. The van der Waals surface area contributed by atoms with Gasteiger partial charge in [-0.05, 0) is 36.0 Å². The summed E-state index contributed by atoms with van der Waals surface area (Å²) in [5.41, 5.74) is 1.49. The maximum absolute atomic E-state index is 12.0. The molecule has 3 aliphatic rings. The molecule has 2 bridgehead atoms. The van der Waals surface area contributed by atoms with E-state index in [4.69, 9.17) is 4.74 Å². The maximum Gasteiger partial charge on any atom is 0.337 e. The number of carbonyl (C=O) groups excluding carboxylic acids is 2. The average molecular weight is 274 g/mol. The van der Waals surface area contributed by atoms with Gasteiger partial charge in [0.15, 0.2) is 0 Å². The number of carbonyl (C=O) groups is 2. The minimum atomic E-state index is -0.343. The van der Waals surface area contributed by atoms with Gasteiger partial charge in [0.1, 0.15) is 0 Å². The molecular weight excluding hydrogens is 256 g/mol. The second-order valence-electron chi connectivity index (χ2n) is 6.20. The van der Waals surface area contributed by atoms with Crippen molar-refractivity contribution >= 4 is 11.9 Å². The van der Waals surface area contributed by atoms with E-state index in [1.54, 1.807) is 12.1 Å². The number of hydrogen-bond donors (Lipinski definition) is 0. The van der Waals surface area contributed by atoms with Crippen LogP contribution in [0.4, 0.5) is 0 Å². The van der Waals surface area contributed by atoms with E-state index in [0.717, 1.165) is 18.4 Å². The molecule has 0 spiro atoms. The lowest BCUT2D eigenvalue weighted by molar-refractivity contribution is -0.237. The van der Waals surface area contributed by atoms with Crippen molar-refractivity contribution in [2.24, 2.45) is 10.8 Å². The second kappa shape index (κ2) is 4.08. The Morgan fingerprint density at radius 3 is 2.15 bits per heavy atom. The third kappa shape index (κ3) is 1.48. The highest BCUT2D eigenvalue weighted by Crippen LogP contribution is 2.81. The van der Waals surface area contributed by atoms with Crippen molar-refractivity contribution in [3.05, 3.63) is 35.4 Å². The third-order valence-electron chi connectivity index (χ3n) is 4.95. The molecule has 3 aliphatic carbocycles. The summed E-state index contributed by atoms with van der Waals surface area (Å²) in [6, 6.07) is 7.36. The van der Waals surface area contributed by atoms with Crippen LogP contribution in [0.25, 0.3) is 0 Å². The summed E-state index contributed by atoms with van der Waals surface area (Å²) in [5.74, 6) is -0.248. The Morgan fingerprint density at radius 2 is 1.70 bits per heavy atom. The van der Waals surface area contributed by atoms with E-state index in [2.05, 4.69) is 11.7 Å². The first-order chi connectivity index (χ1) is 9.47. The molecule has 106 valence electrons. The fraction of sp³-hybridized carbons (Fsp3) is 0.500. The lowest BCUT2D eigenvalue weighted by Crippen LogP contribution is -2.70. The molecule has 4 rings (SSSR count). The minimum absolute atomic E-state index is 0.108. The van der Waals surface area contributed by atoms with Gasteiger partial charge < -0.3 is 9.47 Å². The summed E-state index contributed by atoms with van der Waals surface area (Å²) >= 11 is 0. The fourth-order valence-electron chi connectivity index (χ4n) is 4.32. The van der Waals surface area contributed by atoms with Crippen LogP contribution in [-0.2, 0) is 14.3 Å². The lowest BCUT2D eigenvalue weighted by Gasteiger charge is -2.73. The van der Waals surface area contributed by atoms with Gasteiger partial charge in [0.05, 0.1) is 25.2 Å². The Labute approximate surface area is 118 Å². The van der Waals surface area contributed by atoms with E-state index in [0.29, 0.717) is 5.56 Å². The molecular formula is C16H18O4. The third-order valence-corrected chi connectivity index (χ3v) is 4.95. The molecule has 1 atom stereocenters. The van der Waals surface area contributed by atoms with Crippen molar-refractivity contribution < 1.29 is 19.1 Å². The highest BCUT2D eigenvalue weighted by atomic mass is 16.5. The van der Waals surface area contributed by atoms with E-state index in [9.17, 15) is 9.59 Å². The Kier molecular flexibility index (Phi) is 2.68. The molecule has 1 aromatic carbocycles. The second-order valence-corrected chi connectivity index (χ2v) is 6.20. The van der Waals surface area contributed by atoms with Crippen molar-refractivity contribution in [1.82, 2.24) is 0 Å². The molecule has 0 heterocycles. The quantitative estimate of drug-likeness (QED) is 0.795. The topological polar surface area (TPSA) is 52.6 Å². The molecule has 0 N–H and O–H groups in total. The van der Waals surface area contributed by atoms with Crippen molar-refractivity contribution in [3.8, 4) is 0 Å². The monoisotopic (exact) mass is 274 g/mol. The molecule has 3 saturated carbocycles. The van der Waals surface area contributed by atoms with Crippen molar-refractivity contribution in [2.45, 2.75) is 25.7 Å². The average Bonchev–Trinajstić information content (AvgIpc) is 2.43. The molecule has 0 radical (unpaired) electrons. The minimum Gasteiger partial charge on any atom is -0.469 e. The van der Waals surface area contributed by atoms with E-state index in [1.807, 2.05) is 12.1 Å². The number of esters is 2. The van der Waals surface area contributed by atoms with Crippen LogP contribution in [0.2, 0.25) is 0 Å². The predicted octanol–water partition coefficient (Wildman–Crippen LogP) is 2.53. The molecule has 1 aromatic rings. The molecule has 1 unspecified atom stereocenters. The first-order valence-corrected chi connectivity index (χ1v) is 6.73. The Hall–Kier alpha value is -1.84. The van der Waals surface area contributed by atoms with Gasteiger partial charge in [0.25, 0.3) is 0 Å². The smallest absolute Gasteiger partial charge is 0.337 e. The van der Waals surface area contributed by atoms with E-state index < -0.39 is 0 Å². The summed E-state index contributed by atoms with van der Waals surface area (Å²) in [5, 5.41) is 0. The van der Waals surface area contributed by atoms with Crippen molar-refractivity contribution in [2.75, 3.05) is 14.2 Å². The molecule has 4 heteroatoms. The maximum atomic E-state index is 12.0. The van der Waals surface area contributed by atoms with Crippen LogP contribution >= 0.6 is 0 Å². The molecule has 0 aliphatic heterocycles. The molecule has 3 fully saturated rings. The van der Waals surface area contributed by atoms with Gasteiger partial charge in [0.2, 0.25) is 0 Å². The zero-order valence-electron chi connectivity index (χ0n) is 11.9. The van der Waals surface area contributed by atoms with Gasteiger partial charge in [-0.2, -0.15) is 0 Å². The Morgan fingerprint density at radius 1 is 1.10 bits per heavy atom. The zero-order chi connectivity index (χ0) is 14.5. The number of methoxy groups -OCH3 is 2. The SMILES string of the molecule is COC(=O)c1ccc(C2C3(C)CC2(C(=O)OC)C3)cc1. The van der Waals surface area contributed by atoms with Crippen LogP contribution in [0.5, 0.6) is 0 Å². The highest BCUT2D eigenvalue weighted by Gasteiger charge is 2.77. The van der Waals surface area contributed by atoms with Crippen LogP contribution < -0.4 is 0 Å². The van der Waals surface area contributed by atoms with Gasteiger partial charge in [-0.25, -0.2) is 4.79 Å². The summed E-state index contributed by atoms with van der Waals surface area (Å²) in [6.07, 6.45) is 1.80. The van der Waals surface area contributed by atoms with Gasteiger partial charge in [0, 0.05) is 5.92 Å². The van der Waals surface area contributed by atoms with Crippen molar-refractivity contribution in [1.29, 1.82) is 0 Å². The van der Waals surface area contributed by atoms with E-state index in [1.165, 1.54) is 14.2 Å². The summed E-state index contributed by atoms with van der Waals surface area (Å²) in [6.45, 7) is 2.20. The van der Waals surface area contributed by atoms with Crippen LogP contribution in [0.15, 0.2) is 24.3 Å². The fourth-order valence-corrected chi connectivity index (χ4v) is 4.32. The standard InChI is InChI=1S/C16H18O4/c1-15-8-16(9-15,14(18)20-3)12(15)10-4-6-11(7-5-10)13(17)19-2/h4-7,12H,8-9H2,1-3H3. The Balaban J connectivity index is 1.87. The molecule has 4 nitrogen and oxygen atoms in total. The Bertz CT molecular complexity index is 567. The van der Waals surface area contributed by atoms with Crippen LogP contribution in [-0.4, -0.2) is 26.2 Å². The van der Waals surface area contributed by atoms with Gasteiger partial charge in [-0.1, -0.05) is 19.1 Å². The predicted molar refractivity (Wildman–Crippen MR) is 72.3 cm³/mol. The first kappa shape index (κ1) is 13.2. The molecule has 0 amide bonds. The largest absolute Gasteiger partial charge is 0.469 e. The molecule has 0 saturated heterocycles. The molecule has 0 aromatic heterocycles. The number of ether oxygens (including phenoxy) is 2. The highest BCUT2D eigenvalue weighted by molar-refractivity contribution is 5.89. The van der Waals surface area contributed by atoms with E-state index in [-0.39, 0.29) is 28.7 Å². The lowest BCUT2D eigenvalue weighted by atomic mass is 9.28. The van der Waals surface area contributed by atoms with Crippen LogP contribution in [0.1, 0.15) is 41.6 Å². The van der Waals surface area contributed by atoms with Crippen LogP contribution in [0, 0.1) is 10.8 Å².